The van der Waals surface area contributed by atoms with Crippen LogP contribution >= 0.6 is 0 Å². The van der Waals surface area contributed by atoms with E-state index >= 15 is 8.78 Å². The molecule has 28 heteroatoms. The standard InChI is InChI=1S/C56H56F2N2O24/c1-29-10-13-40(59(21-46(67)78-25-74-30(2)61)22-47(68)79-26-75-31(3)62)44(18-29)72-16-17-73-45-20-39-36(19-41(45)60(23-48(69)80-27-76-32(4)63)24-49(70)81-28-77-33(5)64)54(71)84-56(39)37-11-14-42(82-34(6)65)52(57)50(37)55(8,9)51-38(56)12-15-43(53(51)58)83-35(7)66/h10-15,18-20H,16-17,21-28H2,1-9H3. The third-order valence-corrected chi connectivity index (χ3v) is 12.3. The average Bonchev–Trinajstić information content (AvgIpc) is 1.28. The van der Waals surface area contributed by atoms with Crippen LogP contribution in [-0.4, -0.2) is 132 Å². The quantitative estimate of drug-likeness (QED) is 0.0289. The summed E-state index contributed by atoms with van der Waals surface area (Å²) in [6, 6.07) is 11.8. The number of ether oxygens (including phenoxy) is 13. The van der Waals surface area contributed by atoms with Crippen molar-refractivity contribution in [2.24, 2.45) is 0 Å². The monoisotopic (exact) mass is 1180 g/mol. The number of hydrogen-bond donors (Lipinski definition) is 0. The van der Waals surface area contributed by atoms with Gasteiger partial charge in [-0.2, -0.15) is 0 Å². The second-order valence-corrected chi connectivity index (χ2v) is 18.8. The second-order valence-electron chi connectivity index (χ2n) is 18.8. The van der Waals surface area contributed by atoms with Crippen molar-refractivity contribution >= 4 is 77.0 Å². The number of carbonyl (C=O) groups is 11. The molecule has 0 amide bonds. The fraction of sp³-hybridized carbons (Fsp3) is 0.375. The van der Waals surface area contributed by atoms with E-state index in [1.165, 1.54) is 49.1 Å². The van der Waals surface area contributed by atoms with Crippen LogP contribution in [0.4, 0.5) is 20.2 Å². The van der Waals surface area contributed by atoms with E-state index in [9.17, 15) is 52.7 Å². The van der Waals surface area contributed by atoms with E-state index in [1.54, 1.807) is 13.0 Å². The highest BCUT2D eigenvalue weighted by molar-refractivity contribution is 5.99. The Morgan fingerprint density at radius 3 is 1.23 bits per heavy atom. The largest absolute Gasteiger partial charge is 0.488 e. The van der Waals surface area contributed by atoms with Crippen molar-refractivity contribution < 1.29 is 123 Å². The summed E-state index contributed by atoms with van der Waals surface area (Å²) >= 11 is 0. The van der Waals surface area contributed by atoms with Crippen molar-refractivity contribution in [3.05, 3.63) is 105 Å². The summed E-state index contributed by atoms with van der Waals surface area (Å²) in [7, 11) is 0. The van der Waals surface area contributed by atoms with E-state index in [0.29, 0.717) is 5.56 Å². The molecule has 0 N–H and O–H groups in total. The minimum atomic E-state index is -2.33. The van der Waals surface area contributed by atoms with Crippen LogP contribution in [0, 0.1) is 18.6 Å². The molecule has 1 heterocycles. The van der Waals surface area contributed by atoms with Gasteiger partial charge < -0.3 is 71.4 Å². The fourth-order valence-electron chi connectivity index (χ4n) is 8.97. The Morgan fingerprint density at radius 2 is 0.845 bits per heavy atom. The van der Waals surface area contributed by atoms with Gasteiger partial charge in [0.15, 0.2) is 28.7 Å². The van der Waals surface area contributed by atoms with E-state index in [0.717, 1.165) is 64.6 Å². The lowest BCUT2D eigenvalue weighted by molar-refractivity contribution is -0.167. The van der Waals surface area contributed by atoms with Gasteiger partial charge in [-0.1, -0.05) is 32.0 Å². The lowest BCUT2D eigenvalue weighted by Crippen LogP contribution is -2.43. The second kappa shape index (κ2) is 27.3. The zero-order valence-electron chi connectivity index (χ0n) is 46.7. The van der Waals surface area contributed by atoms with Crippen molar-refractivity contribution in [1.82, 2.24) is 0 Å². The number of rotatable bonds is 25. The summed E-state index contributed by atoms with van der Waals surface area (Å²) in [6.07, 6.45) is 0. The van der Waals surface area contributed by atoms with Crippen LogP contribution in [-0.2, 0) is 102 Å². The fourth-order valence-corrected chi connectivity index (χ4v) is 8.97. The predicted octanol–water partition coefficient (Wildman–Crippen LogP) is 4.55. The van der Waals surface area contributed by atoms with Crippen LogP contribution in [0.5, 0.6) is 23.0 Å². The zero-order chi connectivity index (χ0) is 61.8. The minimum absolute atomic E-state index is 0.0160. The first-order valence-corrected chi connectivity index (χ1v) is 25.1. The Hall–Kier alpha value is -9.89. The molecule has 0 saturated heterocycles. The van der Waals surface area contributed by atoms with Gasteiger partial charge in [0.05, 0.1) is 16.9 Å². The molecule has 6 rings (SSSR count). The Bertz CT molecular complexity index is 3160. The number of carbonyl (C=O) groups excluding carboxylic acids is 11. The van der Waals surface area contributed by atoms with Gasteiger partial charge in [0, 0.05) is 74.8 Å². The van der Waals surface area contributed by atoms with Gasteiger partial charge in [0.2, 0.25) is 27.2 Å². The van der Waals surface area contributed by atoms with E-state index in [2.05, 4.69) is 0 Å². The summed E-state index contributed by atoms with van der Waals surface area (Å²) in [5.41, 5.74) is -5.03. The number of nitrogens with zero attached hydrogens (tertiary/aromatic N) is 2. The molecule has 0 saturated carbocycles. The number of benzene rings is 4. The molecule has 0 bridgehead atoms. The Morgan fingerprint density at radius 1 is 0.464 bits per heavy atom. The van der Waals surface area contributed by atoms with Crippen LogP contribution < -0.4 is 28.7 Å². The smallest absolute Gasteiger partial charge is 0.340 e. The maximum Gasteiger partial charge on any atom is 0.340 e. The van der Waals surface area contributed by atoms with Gasteiger partial charge in [-0.15, -0.1) is 0 Å². The molecule has 0 fully saturated rings. The lowest BCUT2D eigenvalue weighted by Gasteiger charge is -2.44. The molecule has 0 atom stereocenters. The minimum Gasteiger partial charge on any atom is -0.488 e. The molecular weight excluding hydrogens is 1120 g/mol. The van der Waals surface area contributed by atoms with Crippen molar-refractivity contribution in [3.63, 3.8) is 0 Å². The highest BCUT2D eigenvalue weighted by Crippen LogP contribution is 2.60. The van der Waals surface area contributed by atoms with E-state index in [4.69, 9.17) is 61.6 Å². The van der Waals surface area contributed by atoms with E-state index in [-0.39, 0.29) is 56.3 Å². The van der Waals surface area contributed by atoms with Gasteiger partial charge in [-0.3, -0.25) is 47.9 Å². The van der Waals surface area contributed by atoms with Gasteiger partial charge in [-0.05, 0) is 48.9 Å². The third kappa shape index (κ3) is 15.2. The van der Waals surface area contributed by atoms with Gasteiger partial charge in [0.25, 0.3) is 0 Å². The molecule has 0 aromatic heterocycles. The van der Waals surface area contributed by atoms with Gasteiger partial charge in [0.1, 0.15) is 50.9 Å². The number of anilines is 2. The first kappa shape index (κ1) is 63.3. The molecule has 84 heavy (non-hydrogen) atoms. The first-order chi connectivity index (χ1) is 39.6. The maximum absolute atomic E-state index is 17.2. The van der Waals surface area contributed by atoms with E-state index in [1.807, 2.05) is 0 Å². The lowest BCUT2D eigenvalue weighted by atomic mass is 9.61. The summed E-state index contributed by atoms with van der Waals surface area (Å²) in [4.78, 5) is 140. The topological polar surface area (TPSA) is 314 Å². The summed E-state index contributed by atoms with van der Waals surface area (Å²) in [6.45, 7) is 3.52. The molecule has 4 aromatic carbocycles. The molecule has 1 spiro atoms. The van der Waals surface area contributed by atoms with Crippen molar-refractivity contribution in [2.75, 3.05) is 76.4 Å². The Labute approximate surface area is 476 Å². The van der Waals surface area contributed by atoms with Gasteiger partial charge in [-0.25, -0.2) is 13.6 Å². The molecule has 26 nitrogen and oxygen atoms in total. The molecule has 1 aliphatic carbocycles. The highest BCUT2D eigenvalue weighted by Gasteiger charge is 2.58. The number of halogens is 2. The molecule has 448 valence electrons. The van der Waals surface area contributed by atoms with Crippen LogP contribution in [0.3, 0.4) is 0 Å². The Kier molecular flexibility index (Phi) is 20.5. The molecule has 4 aromatic rings. The molecule has 0 radical (unpaired) electrons. The Balaban J connectivity index is 1.52. The summed E-state index contributed by atoms with van der Waals surface area (Å²) in [5.74, 6) is -14.1. The van der Waals surface area contributed by atoms with Crippen LogP contribution in [0.1, 0.15) is 99.1 Å². The molecular formula is C56H56F2N2O24. The first-order valence-electron chi connectivity index (χ1n) is 25.1. The molecule has 1 aliphatic heterocycles. The number of hydrogen-bond acceptors (Lipinski definition) is 26. The predicted molar refractivity (Wildman–Crippen MR) is 277 cm³/mol. The van der Waals surface area contributed by atoms with Crippen LogP contribution in [0.15, 0.2) is 54.6 Å². The zero-order valence-corrected chi connectivity index (χ0v) is 46.7. The highest BCUT2D eigenvalue weighted by atomic mass is 19.1. The third-order valence-electron chi connectivity index (χ3n) is 12.3. The van der Waals surface area contributed by atoms with Crippen molar-refractivity contribution in [1.29, 1.82) is 0 Å². The molecule has 0 unspecified atom stereocenters. The number of fused-ring (bicyclic) bond motifs is 6. The summed E-state index contributed by atoms with van der Waals surface area (Å²) in [5, 5.41) is 0. The summed E-state index contributed by atoms with van der Waals surface area (Å²) < 4.78 is 103. The molecule has 2 aliphatic rings. The normalized spacial score (nSPS) is 12.8. The SMILES string of the molecule is CC(=O)OCOC(=O)CN(CC(=O)OCOC(C)=O)c1ccc(C)cc1OCCOc1cc2c(cc1N(CC(=O)OCOC(C)=O)CC(=O)OCOC(C)=O)C(=O)OC21c2ccc(OC(C)=O)c(F)c2C(C)(C)c2c1ccc(OC(C)=O)c2F. The maximum atomic E-state index is 17.2. The van der Waals surface area contributed by atoms with Crippen molar-refractivity contribution in [2.45, 2.75) is 73.3 Å². The van der Waals surface area contributed by atoms with Crippen LogP contribution in [0.2, 0.25) is 0 Å². The van der Waals surface area contributed by atoms with Crippen LogP contribution in [0.25, 0.3) is 0 Å². The van der Waals surface area contributed by atoms with E-state index < -0.39 is 166 Å². The number of esters is 11. The van der Waals surface area contributed by atoms with Crippen molar-refractivity contribution in [3.8, 4) is 23.0 Å². The number of aryl methyl sites for hydroxylation is 1. The average molecular weight is 1180 g/mol. The van der Waals surface area contributed by atoms with Gasteiger partial charge >= 0.3 is 65.7 Å².